The highest BCUT2D eigenvalue weighted by molar-refractivity contribution is 5.77. The minimum atomic E-state index is -0.00615. The molecule has 17 heavy (non-hydrogen) atoms. The summed E-state index contributed by atoms with van der Waals surface area (Å²) < 4.78 is 5.63. The highest BCUT2D eigenvalue weighted by atomic mass is 16.3. The van der Waals surface area contributed by atoms with Gasteiger partial charge in [0.1, 0.15) is 11.3 Å². The van der Waals surface area contributed by atoms with E-state index in [1.165, 1.54) is 6.07 Å². The van der Waals surface area contributed by atoms with Crippen LogP contribution in [0.4, 0.5) is 0 Å². The van der Waals surface area contributed by atoms with Crippen molar-refractivity contribution in [1.82, 2.24) is 4.90 Å². The Kier molecular flexibility index (Phi) is 3.00. The van der Waals surface area contributed by atoms with Gasteiger partial charge in [-0.05, 0) is 25.1 Å². The minimum Gasteiger partial charge on any atom is -0.456 e. The minimum absolute atomic E-state index is 0.00615. The fourth-order valence-electron chi connectivity index (χ4n) is 1.59. The van der Waals surface area contributed by atoms with Crippen LogP contribution < -0.4 is 5.43 Å². The molecular formula is C14H15NO2. The van der Waals surface area contributed by atoms with Gasteiger partial charge < -0.3 is 9.32 Å². The lowest BCUT2D eigenvalue weighted by Gasteiger charge is -2.03. The molecule has 3 nitrogen and oxygen atoms in total. The molecule has 0 aliphatic rings. The molecule has 0 unspecified atom stereocenters. The van der Waals surface area contributed by atoms with Crippen molar-refractivity contribution in [2.75, 3.05) is 14.1 Å². The lowest BCUT2D eigenvalue weighted by molar-refractivity contribution is 0.559. The van der Waals surface area contributed by atoms with Crippen LogP contribution in [0, 0.1) is 6.92 Å². The van der Waals surface area contributed by atoms with E-state index in [4.69, 9.17) is 4.42 Å². The van der Waals surface area contributed by atoms with Gasteiger partial charge in [-0.3, -0.25) is 4.79 Å². The molecule has 2 rings (SSSR count). The molecule has 3 heteroatoms. The Hall–Kier alpha value is -2.03. The fourth-order valence-corrected chi connectivity index (χ4v) is 1.59. The van der Waals surface area contributed by atoms with Crippen LogP contribution in [0.1, 0.15) is 11.3 Å². The van der Waals surface area contributed by atoms with E-state index in [9.17, 15) is 4.79 Å². The van der Waals surface area contributed by atoms with Crippen LogP contribution in [0.2, 0.25) is 0 Å². The van der Waals surface area contributed by atoms with Crippen LogP contribution in [-0.2, 0) is 0 Å². The van der Waals surface area contributed by atoms with Gasteiger partial charge in [0.2, 0.25) is 0 Å². The number of nitrogens with zero attached hydrogens (tertiary/aromatic N) is 1. The molecule has 88 valence electrons. The first-order valence-electron chi connectivity index (χ1n) is 5.45. The van der Waals surface area contributed by atoms with Crippen LogP contribution >= 0.6 is 0 Å². The first kappa shape index (κ1) is 11.5. The summed E-state index contributed by atoms with van der Waals surface area (Å²) in [5.74, 6) is 0.569. The summed E-state index contributed by atoms with van der Waals surface area (Å²) in [6, 6.07) is 7.13. The standard InChI is InChI=1S/C14H15NO2/c1-10-4-5-14-12(8-10)13(16)9-11(17-14)6-7-15(2)3/h4-9H,1-3H3/b7-6+. The molecule has 0 amide bonds. The average Bonchev–Trinajstić information content (AvgIpc) is 2.27. The van der Waals surface area contributed by atoms with Crippen molar-refractivity contribution in [3.05, 3.63) is 52.0 Å². The number of rotatable bonds is 2. The van der Waals surface area contributed by atoms with E-state index in [1.54, 1.807) is 6.08 Å². The molecule has 2 aromatic rings. The average molecular weight is 229 g/mol. The molecular weight excluding hydrogens is 214 g/mol. The molecule has 1 aromatic heterocycles. The Labute approximate surface area is 100.0 Å². The Morgan fingerprint density at radius 2 is 2.00 bits per heavy atom. The van der Waals surface area contributed by atoms with Crippen LogP contribution in [0.3, 0.4) is 0 Å². The predicted molar refractivity (Wildman–Crippen MR) is 69.9 cm³/mol. The number of hydrogen-bond acceptors (Lipinski definition) is 3. The van der Waals surface area contributed by atoms with E-state index in [2.05, 4.69) is 0 Å². The van der Waals surface area contributed by atoms with Crippen LogP contribution in [0.15, 0.2) is 39.7 Å². The lowest BCUT2D eigenvalue weighted by Crippen LogP contribution is -2.02. The van der Waals surface area contributed by atoms with Crippen molar-refractivity contribution in [1.29, 1.82) is 0 Å². The smallest absolute Gasteiger partial charge is 0.193 e. The zero-order valence-corrected chi connectivity index (χ0v) is 10.2. The molecule has 0 aliphatic heterocycles. The second-order valence-electron chi connectivity index (χ2n) is 4.29. The maximum absolute atomic E-state index is 11.9. The van der Waals surface area contributed by atoms with Gasteiger partial charge in [-0.2, -0.15) is 0 Å². The topological polar surface area (TPSA) is 33.5 Å². The van der Waals surface area contributed by atoms with Crippen molar-refractivity contribution in [3.63, 3.8) is 0 Å². The number of benzene rings is 1. The van der Waals surface area contributed by atoms with Crippen molar-refractivity contribution in [2.45, 2.75) is 6.92 Å². The summed E-state index contributed by atoms with van der Waals surface area (Å²) in [6.45, 7) is 1.96. The molecule has 0 saturated heterocycles. The first-order chi connectivity index (χ1) is 8.06. The molecule has 0 bridgehead atoms. The summed E-state index contributed by atoms with van der Waals surface area (Å²) in [5, 5.41) is 0.631. The molecule has 0 spiro atoms. The molecule has 0 fully saturated rings. The summed E-state index contributed by atoms with van der Waals surface area (Å²) >= 11 is 0. The van der Waals surface area contributed by atoms with Crippen molar-refractivity contribution >= 4 is 17.0 Å². The Balaban J connectivity index is 2.56. The fraction of sp³-hybridized carbons (Fsp3) is 0.214. The molecule has 0 saturated carbocycles. The monoisotopic (exact) mass is 229 g/mol. The zero-order valence-electron chi connectivity index (χ0n) is 10.2. The summed E-state index contributed by atoms with van der Waals surface area (Å²) in [4.78, 5) is 13.8. The second-order valence-corrected chi connectivity index (χ2v) is 4.29. The molecule has 1 aromatic carbocycles. The maximum atomic E-state index is 11.9. The predicted octanol–water partition coefficient (Wildman–Crippen LogP) is 2.63. The third kappa shape index (κ3) is 2.56. The molecule has 0 radical (unpaired) electrons. The molecule has 0 N–H and O–H groups in total. The van der Waals surface area contributed by atoms with Crippen molar-refractivity contribution in [2.24, 2.45) is 0 Å². The third-order valence-electron chi connectivity index (χ3n) is 2.44. The van der Waals surface area contributed by atoms with Gasteiger partial charge in [-0.1, -0.05) is 11.6 Å². The van der Waals surface area contributed by atoms with Gasteiger partial charge in [0, 0.05) is 26.4 Å². The number of hydrogen-bond donors (Lipinski definition) is 0. The van der Waals surface area contributed by atoms with Gasteiger partial charge in [0.05, 0.1) is 5.39 Å². The SMILES string of the molecule is Cc1ccc2oc(/C=C/N(C)C)cc(=O)c2c1. The zero-order chi connectivity index (χ0) is 12.4. The number of aryl methyl sites for hydroxylation is 1. The summed E-state index contributed by atoms with van der Waals surface area (Å²) in [7, 11) is 3.83. The van der Waals surface area contributed by atoms with Gasteiger partial charge in [-0.25, -0.2) is 0 Å². The molecule has 1 heterocycles. The third-order valence-corrected chi connectivity index (χ3v) is 2.44. The van der Waals surface area contributed by atoms with Gasteiger partial charge >= 0.3 is 0 Å². The van der Waals surface area contributed by atoms with E-state index >= 15 is 0 Å². The van der Waals surface area contributed by atoms with Gasteiger partial charge in [0.15, 0.2) is 5.43 Å². The van der Waals surface area contributed by atoms with Gasteiger partial charge in [0.25, 0.3) is 0 Å². The van der Waals surface area contributed by atoms with E-state index < -0.39 is 0 Å². The Bertz CT molecular complexity index is 624. The molecule has 0 atom stereocenters. The summed E-state index contributed by atoms with van der Waals surface area (Å²) in [5.41, 5.74) is 1.68. The van der Waals surface area contributed by atoms with Crippen molar-refractivity contribution < 1.29 is 4.42 Å². The van der Waals surface area contributed by atoms with Gasteiger partial charge in [-0.15, -0.1) is 0 Å². The van der Waals surface area contributed by atoms with E-state index in [0.717, 1.165) is 5.56 Å². The van der Waals surface area contributed by atoms with Crippen LogP contribution in [-0.4, -0.2) is 19.0 Å². The van der Waals surface area contributed by atoms with E-state index in [0.29, 0.717) is 16.7 Å². The van der Waals surface area contributed by atoms with Crippen LogP contribution in [0.5, 0.6) is 0 Å². The lowest BCUT2D eigenvalue weighted by atomic mass is 10.1. The quantitative estimate of drug-likeness (QED) is 0.793. The number of fused-ring (bicyclic) bond motifs is 1. The Morgan fingerprint density at radius 1 is 1.24 bits per heavy atom. The second kappa shape index (κ2) is 4.45. The first-order valence-corrected chi connectivity index (χ1v) is 5.45. The normalized spacial score (nSPS) is 11.2. The highest BCUT2D eigenvalue weighted by Crippen LogP contribution is 2.14. The van der Waals surface area contributed by atoms with Crippen LogP contribution in [0.25, 0.3) is 17.0 Å². The largest absolute Gasteiger partial charge is 0.456 e. The van der Waals surface area contributed by atoms with E-state index in [1.807, 2.05) is 50.3 Å². The maximum Gasteiger partial charge on any atom is 0.193 e. The Morgan fingerprint density at radius 3 is 2.71 bits per heavy atom. The highest BCUT2D eigenvalue weighted by Gasteiger charge is 2.02. The van der Waals surface area contributed by atoms with Crippen molar-refractivity contribution in [3.8, 4) is 0 Å². The summed E-state index contributed by atoms with van der Waals surface area (Å²) in [6.07, 6.45) is 3.62. The van der Waals surface area contributed by atoms with E-state index in [-0.39, 0.29) is 5.43 Å². The molecule has 0 aliphatic carbocycles.